The zero-order valence-corrected chi connectivity index (χ0v) is 7.53. The SMILES string of the molecule is N#[N+]c1cccc(Cl)c1Cl.[Cl-]. The molecule has 0 fully saturated rings. The van der Waals surface area contributed by atoms with Crippen molar-refractivity contribution >= 4 is 28.9 Å². The van der Waals surface area contributed by atoms with E-state index in [-0.39, 0.29) is 23.1 Å². The van der Waals surface area contributed by atoms with Crippen LogP contribution in [0, 0.1) is 5.39 Å². The number of diazo groups is 1. The van der Waals surface area contributed by atoms with Crippen LogP contribution in [0.1, 0.15) is 0 Å². The quantitative estimate of drug-likeness (QED) is 0.571. The van der Waals surface area contributed by atoms with Crippen LogP contribution in [0.25, 0.3) is 4.98 Å². The molecule has 0 amide bonds. The monoisotopic (exact) mass is 208 g/mol. The first kappa shape index (κ1) is 10.5. The van der Waals surface area contributed by atoms with Crippen LogP contribution >= 0.6 is 23.2 Å². The van der Waals surface area contributed by atoms with Crippen molar-refractivity contribution in [2.24, 2.45) is 0 Å². The molecule has 0 aliphatic rings. The van der Waals surface area contributed by atoms with Gasteiger partial charge in [0.2, 0.25) is 5.39 Å². The van der Waals surface area contributed by atoms with Crippen LogP contribution in [0.15, 0.2) is 18.2 Å². The second kappa shape index (κ2) is 4.40. The van der Waals surface area contributed by atoms with Gasteiger partial charge in [0.25, 0.3) is 0 Å². The Kier molecular flexibility index (Phi) is 4.20. The largest absolute Gasteiger partial charge is 1.00 e. The molecular formula is C6H3Cl3N2. The Morgan fingerprint density at radius 2 is 1.91 bits per heavy atom. The molecule has 0 heterocycles. The smallest absolute Gasteiger partial charge is 0.404 e. The van der Waals surface area contributed by atoms with Gasteiger partial charge in [-0.2, -0.15) is 0 Å². The fourth-order valence-corrected chi connectivity index (χ4v) is 0.903. The van der Waals surface area contributed by atoms with E-state index >= 15 is 0 Å². The van der Waals surface area contributed by atoms with E-state index in [1.807, 2.05) is 0 Å². The van der Waals surface area contributed by atoms with Crippen molar-refractivity contribution in [1.82, 2.24) is 0 Å². The second-order valence-electron chi connectivity index (χ2n) is 1.67. The van der Waals surface area contributed by atoms with Crippen LogP contribution < -0.4 is 12.4 Å². The maximum absolute atomic E-state index is 8.32. The van der Waals surface area contributed by atoms with Gasteiger partial charge in [0.1, 0.15) is 0 Å². The van der Waals surface area contributed by atoms with Crippen molar-refractivity contribution in [3.8, 4) is 0 Å². The fraction of sp³-hybridized carbons (Fsp3) is 0. The minimum Gasteiger partial charge on any atom is -1.00 e. The van der Waals surface area contributed by atoms with Gasteiger partial charge < -0.3 is 12.4 Å². The van der Waals surface area contributed by atoms with Gasteiger partial charge in [-0.25, -0.2) is 0 Å². The number of rotatable bonds is 0. The van der Waals surface area contributed by atoms with E-state index in [0.717, 1.165) is 0 Å². The first-order valence-electron chi connectivity index (χ1n) is 2.55. The summed E-state index contributed by atoms with van der Waals surface area (Å²) in [7, 11) is 0. The van der Waals surface area contributed by atoms with Gasteiger partial charge in [-0.3, -0.25) is 0 Å². The molecule has 0 spiro atoms. The molecule has 0 saturated heterocycles. The average Bonchev–Trinajstić information content (AvgIpc) is 1.95. The van der Waals surface area contributed by atoms with E-state index in [4.69, 9.17) is 28.6 Å². The summed E-state index contributed by atoms with van der Waals surface area (Å²) >= 11 is 11.2. The molecule has 0 atom stereocenters. The van der Waals surface area contributed by atoms with Crippen LogP contribution in [0.4, 0.5) is 5.69 Å². The Hall–Kier alpha value is -0.490. The molecule has 0 aromatic heterocycles. The molecule has 0 bridgehead atoms. The molecule has 0 N–H and O–H groups in total. The summed E-state index contributed by atoms with van der Waals surface area (Å²) in [5.74, 6) is 0. The van der Waals surface area contributed by atoms with Crippen molar-refractivity contribution in [3.05, 3.63) is 33.2 Å². The predicted molar refractivity (Wildman–Crippen MR) is 41.2 cm³/mol. The zero-order chi connectivity index (χ0) is 7.56. The molecule has 0 saturated carbocycles. The fourth-order valence-electron chi connectivity index (χ4n) is 0.570. The van der Waals surface area contributed by atoms with Crippen molar-refractivity contribution in [3.63, 3.8) is 0 Å². The lowest BCUT2D eigenvalue weighted by Crippen LogP contribution is -3.00. The van der Waals surface area contributed by atoms with Crippen LogP contribution in [-0.4, -0.2) is 0 Å². The van der Waals surface area contributed by atoms with Crippen LogP contribution in [0.3, 0.4) is 0 Å². The van der Waals surface area contributed by atoms with Crippen molar-refractivity contribution in [2.45, 2.75) is 0 Å². The lowest BCUT2D eigenvalue weighted by Gasteiger charge is -1.86. The van der Waals surface area contributed by atoms with Gasteiger partial charge in [-0.15, -0.1) is 0 Å². The highest BCUT2D eigenvalue weighted by Gasteiger charge is 2.12. The molecule has 0 aliphatic heterocycles. The van der Waals surface area contributed by atoms with Crippen LogP contribution in [0.5, 0.6) is 0 Å². The molecule has 0 unspecified atom stereocenters. The molecule has 2 nitrogen and oxygen atoms in total. The lowest BCUT2D eigenvalue weighted by molar-refractivity contribution is -0.00000206. The Bertz CT molecular complexity index is 292. The third kappa shape index (κ3) is 2.23. The number of halogens is 3. The summed E-state index contributed by atoms with van der Waals surface area (Å²) in [6.45, 7) is 0. The minimum atomic E-state index is 0. The van der Waals surface area contributed by atoms with E-state index in [9.17, 15) is 0 Å². The molecule has 58 valence electrons. The molecule has 1 aromatic rings. The van der Waals surface area contributed by atoms with E-state index in [1.165, 1.54) is 0 Å². The third-order valence-electron chi connectivity index (χ3n) is 1.04. The zero-order valence-electron chi connectivity index (χ0n) is 5.26. The Labute approximate surface area is 80.2 Å². The average molecular weight is 209 g/mol. The minimum absolute atomic E-state index is 0. The van der Waals surface area contributed by atoms with Gasteiger partial charge in [-0.1, -0.05) is 29.3 Å². The van der Waals surface area contributed by atoms with E-state index in [1.54, 1.807) is 18.2 Å². The molecule has 1 rings (SSSR count). The summed E-state index contributed by atoms with van der Waals surface area (Å²) in [6.07, 6.45) is 0. The highest BCUT2D eigenvalue weighted by Crippen LogP contribution is 2.31. The standard InChI is InChI=1S/C6H3Cl2N2.ClH/c7-4-2-1-3-5(10-9)6(4)8;/h1-3H;1H/q+1;/p-1. The number of nitrogens with zero attached hydrogens (tertiary/aromatic N) is 2. The molecule has 0 radical (unpaired) electrons. The van der Waals surface area contributed by atoms with E-state index in [0.29, 0.717) is 5.02 Å². The number of hydrogen-bond acceptors (Lipinski definition) is 1. The Balaban J connectivity index is 0.000001000. The van der Waals surface area contributed by atoms with Gasteiger partial charge in [0.05, 0.1) is 5.02 Å². The molecule has 1 aromatic carbocycles. The maximum Gasteiger partial charge on any atom is 0.404 e. The van der Waals surface area contributed by atoms with E-state index < -0.39 is 0 Å². The van der Waals surface area contributed by atoms with Crippen molar-refractivity contribution in [1.29, 1.82) is 5.39 Å². The first-order valence-corrected chi connectivity index (χ1v) is 3.30. The van der Waals surface area contributed by atoms with Gasteiger partial charge in [0, 0.05) is 6.07 Å². The maximum atomic E-state index is 8.32. The van der Waals surface area contributed by atoms with Crippen LogP contribution in [-0.2, 0) is 0 Å². The summed E-state index contributed by atoms with van der Waals surface area (Å²) in [4.78, 5) is 2.91. The summed E-state index contributed by atoms with van der Waals surface area (Å²) in [5.41, 5.74) is 0.286. The number of hydrogen-bond donors (Lipinski definition) is 0. The highest BCUT2D eigenvalue weighted by molar-refractivity contribution is 6.43. The molecular weight excluding hydrogens is 206 g/mol. The molecule has 0 aliphatic carbocycles. The van der Waals surface area contributed by atoms with Gasteiger partial charge in [-0.05, 0) is 6.07 Å². The van der Waals surface area contributed by atoms with Crippen molar-refractivity contribution < 1.29 is 12.4 Å². The normalized spacial score (nSPS) is 8.09. The Morgan fingerprint density at radius 1 is 1.27 bits per heavy atom. The molecule has 11 heavy (non-hydrogen) atoms. The van der Waals surface area contributed by atoms with E-state index in [2.05, 4.69) is 4.98 Å². The number of benzene rings is 1. The first-order chi connectivity index (χ1) is 4.75. The second-order valence-corrected chi connectivity index (χ2v) is 2.46. The summed E-state index contributed by atoms with van der Waals surface area (Å²) in [5, 5.41) is 8.98. The summed E-state index contributed by atoms with van der Waals surface area (Å²) < 4.78 is 0. The highest BCUT2D eigenvalue weighted by atomic mass is 35.5. The lowest BCUT2D eigenvalue weighted by atomic mass is 10.3. The van der Waals surface area contributed by atoms with Crippen molar-refractivity contribution in [2.75, 3.05) is 0 Å². The van der Waals surface area contributed by atoms with Gasteiger partial charge in [0.15, 0.2) is 10.00 Å². The predicted octanol–water partition coefficient (Wildman–Crippen LogP) is 0.482. The van der Waals surface area contributed by atoms with Gasteiger partial charge >= 0.3 is 5.69 Å². The third-order valence-corrected chi connectivity index (χ3v) is 1.85. The van der Waals surface area contributed by atoms with Crippen LogP contribution in [0.2, 0.25) is 10.0 Å². The Morgan fingerprint density at radius 3 is 2.36 bits per heavy atom. The molecule has 5 heteroatoms. The topological polar surface area (TPSA) is 28.1 Å². The summed E-state index contributed by atoms with van der Waals surface area (Å²) in [6, 6.07) is 4.84.